The van der Waals surface area contributed by atoms with Crippen LogP contribution < -0.4 is 14.8 Å². The summed E-state index contributed by atoms with van der Waals surface area (Å²) in [6, 6.07) is 8.48. The maximum atomic E-state index is 12.7. The maximum Gasteiger partial charge on any atom is 0.161 e. The molecule has 4 nitrogen and oxygen atoms in total. The van der Waals surface area contributed by atoms with Crippen molar-refractivity contribution in [2.75, 3.05) is 14.2 Å². The van der Waals surface area contributed by atoms with E-state index in [1.807, 2.05) is 25.1 Å². The zero-order valence-corrected chi connectivity index (χ0v) is 21.9. The number of carbonyl (C=O) groups is 1. The maximum absolute atomic E-state index is 12.7. The van der Waals surface area contributed by atoms with E-state index in [1.54, 1.807) is 32.5 Å². The van der Waals surface area contributed by atoms with Gasteiger partial charge >= 0.3 is 0 Å². The molecule has 0 fully saturated rings. The highest BCUT2D eigenvalue weighted by Gasteiger charge is 2.20. The normalized spacial score (nSPS) is 16.6. The van der Waals surface area contributed by atoms with Gasteiger partial charge < -0.3 is 14.8 Å². The molecule has 1 aromatic heterocycles. The Morgan fingerprint density at radius 1 is 1.18 bits per heavy atom. The van der Waals surface area contributed by atoms with Crippen molar-refractivity contribution >= 4 is 22.7 Å². The van der Waals surface area contributed by atoms with Crippen molar-refractivity contribution in [2.24, 2.45) is 0 Å². The number of rotatable bonds is 10. The predicted octanol–water partition coefficient (Wildman–Crippen LogP) is 7.34. The number of methoxy groups -OCH3 is 2. The second-order valence-electron chi connectivity index (χ2n) is 9.10. The molecule has 34 heavy (non-hydrogen) atoms. The number of hydrogen-bond acceptors (Lipinski definition) is 5. The first-order chi connectivity index (χ1) is 16.3. The molecule has 0 saturated carbocycles. The van der Waals surface area contributed by atoms with E-state index in [0.29, 0.717) is 17.5 Å². The zero-order valence-electron chi connectivity index (χ0n) is 21.1. The number of Topliss-reactive ketones (excluding diaryl/α,β-unsaturated/α-hetero) is 1. The summed E-state index contributed by atoms with van der Waals surface area (Å²) in [6.45, 7) is 10.7. The van der Waals surface area contributed by atoms with Crippen LogP contribution in [0.2, 0.25) is 0 Å². The fourth-order valence-corrected chi connectivity index (χ4v) is 5.46. The highest BCUT2D eigenvalue weighted by molar-refractivity contribution is 7.13. The van der Waals surface area contributed by atoms with Crippen molar-refractivity contribution in [1.82, 2.24) is 5.32 Å². The second-order valence-corrected chi connectivity index (χ2v) is 10.2. The van der Waals surface area contributed by atoms with Crippen molar-refractivity contribution in [3.05, 3.63) is 75.0 Å². The standard InChI is InChI=1S/C29H37NO3S/c1-19(2)10-14-25(22-12-15-27(32-5)28(16-22)33-6)29-26(21(4)31)17-24(34-29)18-30-23-9-7-8-20(3)11-13-23/h8,12,14-17,23,30H,1,7,9-11,13,18H2,2-6H3/b25-14-. The Morgan fingerprint density at radius 3 is 2.62 bits per heavy atom. The van der Waals surface area contributed by atoms with Crippen LogP contribution in [0.3, 0.4) is 0 Å². The Kier molecular flexibility index (Phi) is 9.31. The summed E-state index contributed by atoms with van der Waals surface area (Å²) in [7, 11) is 3.27. The molecule has 1 aliphatic rings. The van der Waals surface area contributed by atoms with E-state index in [2.05, 4.69) is 37.0 Å². The lowest BCUT2D eigenvalue weighted by molar-refractivity contribution is 0.101. The molecule has 182 valence electrons. The number of hydrogen-bond donors (Lipinski definition) is 1. The van der Waals surface area contributed by atoms with Gasteiger partial charge in [-0.25, -0.2) is 0 Å². The zero-order chi connectivity index (χ0) is 24.7. The molecule has 0 amide bonds. The number of allylic oxidation sites excluding steroid dienone is 4. The topological polar surface area (TPSA) is 47.6 Å². The first-order valence-electron chi connectivity index (χ1n) is 11.9. The quantitative estimate of drug-likeness (QED) is 0.286. The molecule has 3 rings (SSSR count). The van der Waals surface area contributed by atoms with Crippen LogP contribution in [0.4, 0.5) is 0 Å². The van der Waals surface area contributed by atoms with Crippen molar-refractivity contribution in [3.63, 3.8) is 0 Å². The Bertz CT molecular complexity index is 1090. The van der Waals surface area contributed by atoms with Gasteiger partial charge in [0.25, 0.3) is 0 Å². The molecular formula is C29H37NO3S. The molecule has 2 aromatic rings. The number of benzene rings is 1. The van der Waals surface area contributed by atoms with Gasteiger partial charge in [0.2, 0.25) is 0 Å². The van der Waals surface area contributed by atoms with Gasteiger partial charge in [-0.3, -0.25) is 4.79 Å². The van der Waals surface area contributed by atoms with E-state index in [4.69, 9.17) is 9.47 Å². The van der Waals surface area contributed by atoms with Crippen LogP contribution in [0.5, 0.6) is 11.5 Å². The lowest BCUT2D eigenvalue weighted by Crippen LogP contribution is -2.27. The van der Waals surface area contributed by atoms with Crippen LogP contribution in [0.15, 0.2) is 54.1 Å². The SMILES string of the molecule is C=C(C)C/C=C(/c1ccc(OC)c(OC)c1)c1sc(CNC2CCC=C(C)CC2)cc1C(C)=O. The molecule has 1 N–H and O–H groups in total. The summed E-state index contributed by atoms with van der Waals surface area (Å²) in [6.07, 6.45) is 9.87. The summed E-state index contributed by atoms with van der Waals surface area (Å²) < 4.78 is 11.0. The Hall–Kier alpha value is -2.63. The summed E-state index contributed by atoms with van der Waals surface area (Å²) in [5.74, 6) is 1.43. The smallest absolute Gasteiger partial charge is 0.161 e. The minimum Gasteiger partial charge on any atom is -0.493 e. The van der Waals surface area contributed by atoms with E-state index in [1.165, 1.54) is 10.5 Å². The number of nitrogens with one attached hydrogen (secondary N) is 1. The molecule has 1 aliphatic carbocycles. The third kappa shape index (κ3) is 6.71. The summed E-state index contributed by atoms with van der Waals surface area (Å²) >= 11 is 1.69. The fourth-order valence-electron chi connectivity index (χ4n) is 4.24. The van der Waals surface area contributed by atoms with Crippen LogP contribution in [0, 0.1) is 0 Å². The van der Waals surface area contributed by atoms with E-state index >= 15 is 0 Å². The molecule has 1 unspecified atom stereocenters. The highest BCUT2D eigenvalue weighted by atomic mass is 32.1. The molecule has 1 aromatic carbocycles. The lowest BCUT2D eigenvalue weighted by atomic mass is 9.97. The lowest BCUT2D eigenvalue weighted by Gasteiger charge is -2.15. The molecule has 1 heterocycles. The van der Waals surface area contributed by atoms with Crippen LogP contribution in [-0.4, -0.2) is 26.0 Å². The van der Waals surface area contributed by atoms with Gasteiger partial charge in [-0.05, 0) is 82.2 Å². The molecule has 0 spiro atoms. The number of carbonyl (C=O) groups excluding carboxylic acids is 1. The Labute approximate surface area is 208 Å². The summed E-state index contributed by atoms with van der Waals surface area (Å²) in [4.78, 5) is 14.8. The molecular weight excluding hydrogens is 442 g/mol. The molecule has 1 atom stereocenters. The van der Waals surface area contributed by atoms with Crippen LogP contribution in [0.25, 0.3) is 5.57 Å². The predicted molar refractivity (Wildman–Crippen MR) is 143 cm³/mol. The van der Waals surface area contributed by atoms with Gasteiger partial charge in [0.1, 0.15) is 0 Å². The second kappa shape index (κ2) is 12.2. The van der Waals surface area contributed by atoms with Crippen molar-refractivity contribution < 1.29 is 14.3 Å². The molecule has 5 heteroatoms. The molecule has 0 radical (unpaired) electrons. The largest absolute Gasteiger partial charge is 0.493 e. The van der Waals surface area contributed by atoms with E-state index in [0.717, 1.165) is 65.8 Å². The average Bonchev–Trinajstić information content (AvgIpc) is 3.13. The van der Waals surface area contributed by atoms with Crippen molar-refractivity contribution in [3.8, 4) is 11.5 Å². The summed E-state index contributed by atoms with van der Waals surface area (Å²) in [5.41, 5.74) is 5.34. The van der Waals surface area contributed by atoms with Gasteiger partial charge in [0.05, 0.1) is 14.2 Å². The summed E-state index contributed by atoms with van der Waals surface area (Å²) in [5, 5.41) is 3.74. The monoisotopic (exact) mass is 479 g/mol. The minimum absolute atomic E-state index is 0.0773. The first kappa shape index (κ1) is 26.0. The number of ether oxygens (including phenoxy) is 2. The average molecular weight is 480 g/mol. The number of thiophene rings is 1. The van der Waals surface area contributed by atoms with Gasteiger partial charge in [-0.15, -0.1) is 11.3 Å². The Balaban J connectivity index is 1.94. The van der Waals surface area contributed by atoms with Gasteiger partial charge in [-0.2, -0.15) is 0 Å². The van der Waals surface area contributed by atoms with Crippen LogP contribution >= 0.6 is 11.3 Å². The van der Waals surface area contributed by atoms with E-state index in [9.17, 15) is 4.79 Å². The number of ketones is 1. The first-order valence-corrected chi connectivity index (χ1v) is 12.7. The van der Waals surface area contributed by atoms with Crippen molar-refractivity contribution in [1.29, 1.82) is 0 Å². The van der Waals surface area contributed by atoms with Gasteiger partial charge in [0, 0.05) is 27.9 Å². The molecule has 0 saturated heterocycles. The third-order valence-electron chi connectivity index (χ3n) is 6.22. The third-order valence-corrected chi connectivity index (χ3v) is 7.38. The minimum atomic E-state index is 0.0773. The van der Waals surface area contributed by atoms with Gasteiger partial charge in [-0.1, -0.05) is 35.9 Å². The fraction of sp³-hybridized carbons (Fsp3) is 0.414. The van der Waals surface area contributed by atoms with Crippen molar-refractivity contribution in [2.45, 2.75) is 65.5 Å². The van der Waals surface area contributed by atoms with Crippen LogP contribution in [-0.2, 0) is 6.54 Å². The van der Waals surface area contributed by atoms with Crippen LogP contribution in [0.1, 0.15) is 78.6 Å². The molecule has 0 bridgehead atoms. The van der Waals surface area contributed by atoms with E-state index in [-0.39, 0.29) is 5.78 Å². The Morgan fingerprint density at radius 2 is 1.94 bits per heavy atom. The van der Waals surface area contributed by atoms with E-state index < -0.39 is 0 Å². The molecule has 0 aliphatic heterocycles. The van der Waals surface area contributed by atoms with Gasteiger partial charge in [0.15, 0.2) is 17.3 Å². The highest BCUT2D eigenvalue weighted by Crippen LogP contribution is 2.38.